The Balaban J connectivity index is 2.12. The molecule has 116 valence electrons. The first-order valence-electron chi connectivity index (χ1n) is 7.11. The number of methoxy groups -OCH3 is 1. The van der Waals surface area contributed by atoms with E-state index in [1.54, 1.807) is 27.3 Å². The van der Waals surface area contributed by atoms with Crippen molar-refractivity contribution in [3.05, 3.63) is 17.8 Å². The summed E-state index contributed by atoms with van der Waals surface area (Å²) in [5.41, 5.74) is 6.21. The van der Waals surface area contributed by atoms with E-state index in [9.17, 15) is 4.79 Å². The van der Waals surface area contributed by atoms with Crippen molar-refractivity contribution in [3.63, 3.8) is 0 Å². The van der Waals surface area contributed by atoms with Crippen LogP contribution in [0.15, 0.2) is 12.1 Å². The molecule has 0 aromatic carbocycles. The molecule has 2 N–H and O–H groups in total. The Bertz CT molecular complexity index is 477. The summed E-state index contributed by atoms with van der Waals surface area (Å²) < 4.78 is 5.42. The highest BCUT2D eigenvalue weighted by atomic mass is 16.5. The van der Waals surface area contributed by atoms with Crippen LogP contribution in [0.3, 0.4) is 0 Å². The van der Waals surface area contributed by atoms with Crippen LogP contribution in [0.1, 0.15) is 23.3 Å². The maximum Gasteiger partial charge on any atom is 0.273 e. The van der Waals surface area contributed by atoms with Crippen LogP contribution in [0.5, 0.6) is 0 Å². The van der Waals surface area contributed by atoms with Gasteiger partial charge in [-0.3, -0.25) is 4.79 Å². The average Bonchev–Trinajstić information content (AvgIpc) is 2.53. The van der Waals surface area contributed by atoms with Gasteiger partial charge < -0.3 is 20.3 Å². The SMILES string of the molecule is COC1CCN(c2ccc(C(=O)N(C)C)nn2)C(CN)C1. The fourth-order valence-electron chi connectivity index (χ4n) is 2.57. The Labute approximate surface area is 125 Å². The number of carbonyl (C=O) groups excluding carboxylic acids is 1. The van der Waals surface area contributed by atoms with E-state index in [0.717, 1.165) is 25.2 Å². The number of nitrogens with two attached hydrogens (primary N) is 1. The lowest BCUT2D eigenvalue weighted by Gasteiger charge is -2.39. The molecule has 2 heterocycles. The Morgan fingerprint density at radius 2 is 2.24 bits per heavy atom. The first-order valence-corrected chi connectivity index (χ1v) is 7.11. The molecule has 0 spiro atoms. The van der Waals surface area contributed by atoms with E-state index in [-0.39, 0.29) is 18.1 Å². The molecule has 7 nitrogen and oxygen atoms in total. The summed E-state index contributed by atoms with van der Waals surface area (Å²) in [5, 5.41) is 8.21. The highest BCUT2D eigenvalue weighted by molar-refractivity contribution is 5.91. The van der Waals surface area contributed by atoms with Crippen LogP contribution >= 0.6 is 0 Å². The Morgan fingerprint density at radius 1 is 1.48 bits per heavy atom. The first kappa shape index (κ1) is 15.7. The number of hydrogen-bond acceptors (Lipinski definition) is 6. The topological polar surface area (TPSA) is 84.6 Å². The number of rotatable bonds is 4. The van der Waals surface area contributed by atoms with E-state index in [0.29, 0.717) is 12.2 Å². The standard InChI is InChI=1S/C14H23N5O2/c1-18(2)14(20)12-4-5-13(17-16-12)19-7-6-11(21-3)8-10(19)9-15/h4-5,10-11H,6-9,15H2,1-3H3. The zero-order chi connectivity index (χ0) is 15.4. The minimum absolute atomic E-state index is 0.150. The van der Waals surface area contributed by atoms with Gasteiger partial charge in [0.05, 0.1) is 6.10 Å². The molecule has 2 atom stereocenters. The lowest BCUT2D eigenvalue weighted by Crippen LogP contribution is -2.49. The lowest BCUT2D eigenvalue weighted by molar-refractivity contribution is 0.0707. The van der Waals surface area contributed by atoms with Gasteiger partial charge in [-0.25, -0.2) is 0 Å². The van der Waals surface area contributed by atoms with Crippen molar-refractivity contribution in [3.8, 4) is 0 Å². The van der Waals surface area contributed by atoms with E-state index < -0.39 is 0 Å². The van der Waals surface area contributed by atoms with Gasteiger partial charge in [0.15, 0.2) is 11.5 Å². The van der Waals surface area contributed by atoms with E-state index in [2.05, 4.69) is 15.1 Å². The number of anilines is 1. The van der Waals surface area contributed by atoms with Crippen molar-refractivity contribution in [2.45, 2.75) is 25.0 Å². The third-order valence-electron chi connectivity index (χ3n) is 3.84. The number of amides is 1. The number of carbonyl (C=O) groups is 1. The van der Waals surface area contributed by atoms with Crippen molar-refractivity contribution >= 4 is 11.7 Å². The molecule has 21 heavy (non-hydrogen) atoms. The van der Waals surface area contributed by atoms with Crippen LogP contribution in [0.4, 0.5) is 5.82 Å². The Hall–Kier alpha value is -1.73. The third-order valence-corrected chi connectivity index (χ3v) is 3.84. The molecule has 0 radical (unpaired) electrons. The molecule has 1 saturated heterocycles. The van der Waals surface area contributed by atoms with Crippen LogP contribution in [-0.2, 0) is 4.74 Å². The molecular formula is C14H23N5O2. The fourth-order valence-corrected chi connectivity index (χ4v) is 2.57. The molecule has 1 aliphatic heterocycles. The molecule has 1 aromatic rings. The monoisotopic (exact) mass is 293 g/mol. The molecule has 0 saturated carbocycles. The zero-order valence-electron chi connectivity index (χ0n) is 12.8. The Kier molecular flexibility index (Phi) is 5.08. The summed E-state index contributed by atoms with van der Waals surface area (Å²) in [6, 6.07) is 3.73. The van der Waals surface area contributed by atoms with Gasteiger partial charge in [0.1, 0.15) is 0 Å². The molecule has 0 bridgehead atoms. The number of aromatic nitrogens is 2. The summed E-state index contributed by atoms with van der Waals surface area (Å²) in [5.74, 6) is 0.609. The molecular weight excluding hydrogens is 270 g/mol. The normalized spacial score (nSPS) is 22.2. The number of ether oxygens (including phenoxy) is 1. The zero-order valence-corrected chi connectivity index (χ0v) is 12.8. The van der Waals surface area contributed by atoms with Crippen LogP contribution in [0.25, 0.3) is 0 Å². The van der Waals surface area contributed by atoms with E-state index in [4.69, 9.17) is 10.5 Å². The van der Waals surface area contributed by atoms with Crippen LogP contribution in [-0.4, -0.2) is 67.4 Å². The summed E-state index contributed by atoms with van der Waals surface area (Å²) in [6.45, 7) is 1.37. The minimum atomic E-state index is -0.150. The van der Waals surface area contributed by atoms with Gasteiger partial charge >= 0.3 is 0 Å². The quantitative estimate of drug-likeness (QED) is 0.849. The van der Waals surface area contributed by atoms with Gasteiger partial charge in [-0.05, 0) is 25.0 Å². The predicted molar refractivity (Wildman–Crippen MR) is 80.3 cm³/mol. The second-order valence-electron chi connectivity index (χ2n) is 5.44. The Morgan fingerprint density at radius 3 is 2.76 bits per heavy atom. The molecule has 2 unspecified atom stereocenters. The van der Waals surface area contributed by atoms with Crippen LogP contribution < -0.4 is 10.6 Å². The second-order valence-corrected chi connectivity index (χ2v) is 5.44. The van der Waals surface area contributed by atoms with Crippen LogP contribution in [0.2, 0.25) is 0 Å². The first-order chi connectivity index (χ1) is 10.1. The van der Waals surface area contributed by atoms with Gasteiger partial charge in [0, 0.05) is 40.3 Å². The van der Waals surface area contributed by atoms with Gasteiger partial charge in [-0.2, -0.15) is 0 Å². The number of hydrogen-bond donors (Lipinski definition) is 1. The average molecular weight is 293 g/mol. The maximum atomic E-state index is 11.8. The predicted octanol–water partition coefficient (Wildman–Crippen LogP) is 0.121. The van der Waals surface area contributed by atoms with E-state index >= 15 is 0 Å². The van der Waals surface area contributed by atoms with Crippen molar-refractivity contribution in [1.82, 2.24) is 15.1 Å². The van der Waals surface area contributed by atoms with Gasteiger partial charge in [0.25, 0.3) is 5.91 Å². The lowest BCUT2D eigenvalue weighted by atomic mass is 9.99. The third kappa shape index (κ3) is 3.48. The number of piperidine rings is 1. The van der Waals surface area contributed by atoms with Gasteiger partial charge in [0.2, 0.25) is 0 Å². The van der Waals surface area contributed by atoms with E-state index in [1.807, 2.05) is 6.07 Å². The molecule has 1 amide bonds. The second kappa shape index (κ2) is 6.82. The van der Waals surface area contributed by atoms with Gasteiger partial charge in [-0.1, -0.05) is 0 Å². The highest BCUT2D eigenvalue weighted by Crippen LogP contribution is 2.23. The van der Waals surface area contributed by atoms with Crippen molar-refractivity contribution in [1.29, 1.82) is 0 Å². The smallest absolute Gasteiger partial charge is 0.273 e. The molecule has 2 rings (SSSR count). The van der Waals surface area contributed by atoms with Crippen molar-refractivity contribution in [2.75, 3.05) is 39.2 Å². The van der Waals surface area contributed by atoms with Gasteiger partial charge in [-0.15, -0.1) is 10.2 Å². The largest absolute Gasteiger partial charge is 0.381 e. The maximum absolute atomic E-state index is 11.8. The highest BCUT2D eigenvalue weighted by Gasteiger charge is 2.28. The molecule has 7 heteroatoms. The van der Waals surface area contributed by atoms with Crippen molar-refractivity contribution < 1.29 is 9.53 Å². The van der Waals surface area contributed by atoms with Crippen molar-refractivity contribution in [2.24, 2.45) is 5.73 Å². The molecule has 1 aliphatic rings. The fraction of sp³-hybridized carbons (Fsp3) is 0.643. The number of nitrogens with zero attached hydrogens (tertiary/aromatic N) is 4. The molecule has 0 aliphatic carbocycles. The minimum Gasteiger partial charge on any atom is -0.381 e. The summed E-state index contributed by atoms with van der Waals surface area (Å²) in [7, 11) is 5.12. The van der Waals surface area contributed by atoms with E-state index in [1.165, 1.54) is 4.90 Å². The molecule has 1 fully saturated rings. The molecule has 1 aromatic heterocycles. The summed E-state index contributed by atoms with van der Waals surface area (Å²) in [6.07, 6.45) is 2.07. The summed E-state index contributed by atoms with van der Waals surface area (Å²) >= 11 is 0. The summed E-state index contributed by atoms with van der Waals surface area (Å²) in [4.78, 5) is 15.4. The van der Waals surface area contributed by atoms with Crippen LogP contribution in [0, 0.1) is 0 Å².